The van der Waals surface area contributed by atoms with E-state index in [1.165, 1.54) is 6.08 Å². The van der Waals surface area contributed by atoms with Gasteiger partial charge >= 0.3 is 5.97 Å². The van der Waals surface area contributed by atoms with E-state index in [-0.39, 0.29) is 5.41 Å². The molecule has 0 heterocycles. The molecule has 0 aliphatic rings. The molecule has 0 aliphatic carbocycles. The molecule has 0 radical (unpaired) electrons. The maximum atomic E-state index is 10.3. The molecule has 0 saturated heterocycles. The van der Waals surface area contributed by atoms with Gasteiger partial charge in [0, 0.05) is 6.08 Å². The van der Waals surface area contributed by atoms with Gasteiger partial charge in [0.15, 0.2) is 0 Å². The third kappa shape index (κ3) is 3.56. The van der Waals surface area contributed by atoms with Crippen LogP contribution >= 0.6 is 0 Å². The van der Waals surface area contributed by atoms with Gasteiger partial charge in [-0.05, 0) is 11.3 Å². The molecule has 0 aromatic heterocycles. The quantitative estimate of drug-likeness (QED) is 0.659. The highest BCUT2D eigenvalue weighted by molar-refractivity contribution is 5.79. The molecular formula is C10H18O2. The second-order valence-corrected chi connectivity index (χ2v) is 3.80. The van der Waals surface area contributed by atoms with Crippen LogP contribution in [0.15, 0.2) is 12.2 Å². The van der Waals surface area contributed by atoms with Gasteiger partial charge in [0.1, 0.15) is 0 Å². The Hall–Kier alpha value is -0.790. The lowest BCUT2D eigenvalue weighted by Gasteiger charge is -2.27. The summed E-state index contributed by atoms with van der Waals surface area (Å²) in [5.74, 6) is -0.362. The lowest BCUT2D eigenvalue weighted by atomic mass is 9.78. The van der Waals surface area contributed by atoms with E-state index in [1.807, 2.05) is 0 Å². The molecule has 0 fully saturated rings. The predicted octanol–water partition coefficient (Wildman–Crippen LogP) is 2.70. The molecule has 0 aromatic carbocycles. The van der Waals surface area contributed by atoms with Crippen LogP contribution in [0.3, 0.4) is 0 Å². The molecule has 0 aliphatic heterocycles. The van der Waals surface area contributed by atoms with Crippen molar-refractivity contribution in [3.8, 4) is 0 Å². The Morgan fingerprint density at radius 2 is 2.08 bits per heavy atom. The summed E-state index contributed by atoms with van der Waals surface area (Å²) in [6, 6.07) is 0. The van der Waals surface area contributed by atoms with E-state index < -0.39 is 5.97 Å². The fourth-order valence-electron chi connectivity index (χ4n) is 0.976. The van der Waals surface area contributed by atoms with E-state index in [1.54, 1.807) is 6.08 Å². The summed E-state index contributed by atoms with van der Waals surface area (Å²) in [6.45, 7) is 8.36. The van der Waals surface area contributed by atoms with Crippen molar-refractivity contribution in [1.29, 1.82) is 0 Å². The van der Waals surface area contributed by atoms with Crippen molar-refractivity contribution < 1.29 is 9.90 Å². The van der Waals surface area contributed by atoms with Crippen LogP contribution in [0, 0.1) is 11.3 Å². The molecule has 0 amide bonds. The molecule has 2 heteroatoms. The van der Waals surface area contributed by atoms with Crippen LogP contribution in [0.5, 0.6) is 0 Å². The second-order valence-electron chi connectivity index (χ2n) is 3.80. The molecule has 1 atom stereocenters. The Labute approximate surface area is 74.3 Å². The summed E-state index contributed by atoms with van der Waals surface area (Å²) < 4.78 is 0. The lowest BCUT2D eigenvalue weighted by molar-refractivity contribution is -0.131. The number of carbonyl (C=O) groups is 1. The Balaban J connectivity index is 4.30. The highest BCUT2D eigenvalue weighted by Crippen LogP contribution is 2.30. The second kappa shape index (κ2) is 4.29. The van der Waals surface area contributed by atoms with E-state index >= 15 is 0 Å². The van der Waals surface area contributed by atoms with Crippen molar-refractivity contribution in [2.75, 3.05) is 0 Å². The number of hydrogen-bond acceptors (Lipinski definition) is 1. The van der Waals surface area contributed by atoms with Crippen LogP contribution in [0.25, 0.3) is 0 Å². The number of rotatable bonds is 4. The minimum absolute atomic E-state index is 0.0207. The lowest BCUT2D eigenvalue weighted by Crippen LogP contribution is -2.18. The van der Waals surface area contributed by atoms with Crippen molar-refractivity contribution in [1.82, 2.24) is 0 Å². The average molecular weight is 170 g/mol. The highest BCUT2D eigenvalue weighted by atomic mass is 16.4. The van der Waals surface area contributed by atoms with E-state index in [2.05, 4.69) is 27.7 Å². The van der Waals surface area contributed by atoms with Crippen LogP contribution in [0.2, 0.25) is 0 Å². The molecule has 0 rings (SSSR count). The van der Waals surface area contributed by atoms with Crippen molar-refractivity contribution >= 4 is 5.97 Å². The van der Waals surface area contributed by atoms with Crippen LogP contribution in [-0.2, 0) is 4.79 Å². The molecular weight excluding hydrogens is 152 g/mol. The van der Waals surface area contributed by atoms with Gasteiger partial charge in [0.25, 0.3) is 0 Å². The third-order valence-corrected chi connectivity index (χ3v) is 2.54. The van der Waals surface area contributed by atoms with Crippen LogP contribution in [0.4, 0.5) is 0 Å². The Bertz CT molecular complexity index is 180. The van der Waals surface area contributed by atoms with Gasteiger partial charge in [-0.1, -0.05) is 40.2 Å². The van der Waals surface area contributed by atoms with Crippen LogP contribution in [-0.4, -0.2) is 11.1 Å². The minimum Gasteiger partial charge on any atom is -0.478 e. The van der Waals surface area contributed by atoms with Gasteiger partial charge in [0.05, 0.1) is 0 Å². The first-order valence-electron chi connectivity index (χ1n) is 4.32. The summed E-state index contributed by atoms with van der Waals surface area (Å²) >= 11 is 0. The summed E-state index contributed by atoms with van der Waals surface area (Å²) in [4.78, 5) is 10.3. The molecule has 2 nitrogen and oxygen atoms in total. The number of carboxylic acids is 1. The topological polar surface area (TPSA) is 37.3 Å². The number of carboxylic acid groups (broad SMARTS) is 1. The number of aliphatic carboxylic acids is 1. The van der Waals surface area contributed by atoms with Gasteiger partial charge in [-0.2, -0.15) is 0 Å². The zero-order valence-corrected chi connectivity index (χ0v) is 8.29. The first-order chi connectivity index (χ1) is 5.40. The summed E-state index contributed by atoms with van der Waals surface area (Å²) in [5, 5.41) is 8.44. The fourth-order valence-corrected chi connectivity index (χ4v) is 0.976. The standard InChI is InChI=1S/C10H18O2/c1-5-8(2)10(3,4)7-6-9(11)12/h6-8H,5H2,1-4H3,(H,11,12). The predicted molar refractivity (Wildman–Crippen MR) is 50.0 cm³/mol. The van der Waals surface area contributed by atoms with Crippen molar-refractivity contribution in [2.24, 2.45) is 11.3 Å². The monoisotopic (exact) mass is 170 g/mol. The smallest absolute Gasteiger partial charge is 0.327 e. The normalized spacial score (nSPS) is 15.0. The summed E-state index contributed by atoms with van der Waals surface area (Å²) in [5.41, 5.74) is -0.0207. The highest BCUT2D eigenvalue weighted by Gasteiger charge is 2.20. The van der Waals surface area contributed by atoms with Crippen molar-refractivity contribution in [3.63, 3.8) is 0 Å². The molecule has 1 unspecified atom stereocenters. The van der Waals surface area contributed by atoms with Gasteiger partial charge in [-0.3, -0.25) is 0 Å². The Morgan fingerprint density at radius 3 is 2.42 bits per heavy atom. The number of allylic oxidation sites excluding steroid dienone is 1. The van der Waals surface area contributed by atoms with Crippen molar-refractivity contribution in [3.05, 3.63) is 12.2 Å². The number of hydrogen-bond donors (Lipinski definition) is 1. The molecule has 12 heavy (non-hydrogen) atoms. The van der Waals surface area contributed by atoms with Crippen LogP contribution < -0.4 is 0 Å². The third-order valence-electron chi connectivity index (χ3n) is 2.54. The van der Waals surface area contributed by atoms with E-state index in [0.717, 1.165) is 6.42 Å². The first-order valence-corrected chi connectivity index (χ1v) is 4.32. The zero-order valence-electron chi connectivity index (χ0n) is 8.29. The summed E-state index contributed by atoms with van der Waals surface area (Å²) in [6.07, 6.45) is 4.06. The van der Waals surface area contributed by atoms with Crippen LogP contribution in [0.1, 0.15) is 34.1 Å². The molecule has 0 bridgehead atoms. The molecule has 70 valence electrons. The van der Waals surface area contributed by atoms with Gasteiger partial charge in [0.2, 0.25) is 0 Å². The maximum Gasteiger partial charge on any atom is 0.327 e. The SMILES string of the molecule is CCC(C)C(C)(C)C=CC(=O)O. The molecule has 1 N–H and O–H groups in total. The van der Waals surface area contributed by atoms with E-state index in [9.17, 15) is 4.79 Å². The van der Waals surface area contributed by atoms with Gasteiger partial charge in [-0.15, -0.1) is 0 Å². The van der Waals surface area contributed by atoms with E-state index in [4.69, 9.17) is 5.11 Å². The maximum absolute atomic E-state index is 10.3. The fraction of sp³-hybridized carbons (Fsp3) is 0.700. The Morgan fingerprint density at radius 1 is 1.58 bits per heavy atom. The molecule has 0 aromatic rings. The largest absolute Gasteiger partial charge is 0.478 e. The Kier molecular flexibility index (Phi) is 4.01. The van der Waals surface area contributed by atoms with Gasteiger partial charge in [-0.25, -0.2) is 4.79 Å². The average Bonchev–Trinajstić information content (AvgIpc) is 1.99. The van der Waals surface area contributed by atoms with E-state index in [0.29, 0.717) is 5.92 Å². The first kappa shape index (κ1) is 11.2. The molecule has 0 spiro atoms. The minimum atomic E-state index is -0.869. The van der Waals surface area contributed by atoms with Gasteiger partial charge < -0.3 is 5.11 Å². The van der Waals surface area contributed by atoms with Crippen molar-refractivity contribution in [2.45, 2.75) is 34.1 Å². The molecule has 0 saturated carbocycles. The zero-order chi connectivity index (χ0) is 9.78. The summed E-state index contributed by atoms with van der Waals surface area (Å²) in [7, 11) is 0.